The Morgan fingerprint density at radius 1 is 0.529 bits per heavy atom. The van der Waals surface area contributed by atoms with E-state index in [1.165, 1.54) is 0 Å². The number of hydrogen-bond donors (Lipinski definition) is 0. The van der Waals surface area contributed by atoms with Gasteiger partial charge in [0.05, 0.1) is 47.1 Å². The highest BCUT2D eigenvalue weighted by molar-refractivity contribution is 5.95. The third-order valence-electron chi connectivity index (χ3n) is 10.6. The van der Waals surface area contributed by atoms with Crippen molar-refractivity contribution in [3.63, 3.8) is 0 Å². The van der Waals surface area contributed by atoms with Crippen molar-refractivity contribution < 1.29 is 38.1 Å². The highest BCUT2D eigenvalue weighted by atomic mass is 16.6. The molecule has 6 aromatic rings. The summed E-state index contributed by atoms with van der Waals surface area (Å²) in [5, 5.41) is 29.5. The van der Waals surface area contributed by atoms with Gasteiger partial charge in [-0.1, -0.05) is 55.5 Å². The predicted molar refractivity (Wildman–Crippen MR) is 255 cm³/mol. The summed E-state index contributed by atoms with van der Waals surface area (Å²) in [5.74, 6) is -3.58. The average molecular weight is 913 g/mol. The molecule has 1 atom stereocenters. The molecule has 0 bridgehead atoms. The first kappa shape index (κ1) is 48.8. The number of rotatable bonds is 23. The molecular weight excluding hydrogens is 865 g/mol. The van der Waals surface area contributed by atoms with Crippen molar-refractivity contribution in [2.75, 3.05) is 51.0 Å². The topological polar surface area (TPSA) is 202 Å². The van der Waals surface area contributed by atoms with Gasteiger partial charge in [0.2, 0.25) is 0 Å². The van der Waals surface area contributed by atoms with Gasteiger partial charge in [-0.3, -0.25) is 14.4 Å². The smallest absolute Gasteiger partial charge is 0.320 e. The van der Waals surface area contributed by atoms with Crippen molar-refractivity contribution in [3.8, 4) is 45.9 Å². The second-order valence-electron chi connectivity index (χ2n) is 15.2. The second kappa shape index (κ2) is 25.1. The molecule has 15 nitrogen and oxygen atoms in total. The molecule has 0 aromatic heterocycles. The van der Waals surface area contributed by atoms with Crippen LogP contribution in [0, 0.1) is 39.4 Å². The zero-order valence-electron chi connectivity index (χ0n) is 37.5. The number of azo groups is 1. The van der Waals surface area contributed by atoms with Gasteiger partial charge in [0.25, 0.3) is 0 Å². The first-order valence-electron chi connectivity index (χ1n) is 21.8. The van der Waals surface area contributed by atoms with E-state index in [9.17, 15) is 19.3 Å². The van der Waals surface area contributed by atoms with Gasteiger partial charge in [0.15, 0.2) is 5.92 Å². The molecule has 15 heteroatoms. The molecule has 0 spiro atoms. The van der Waals surface area contributed by atoms with E-state index in [1.54, 1.807) is 79.7 Å². The fraction of sp³-hybridized carbons (Fsp3) is 0.226. The van der Waals surface area contributed by atoms with Crippen LogP contribution in [-0.4, -0.2) is 64.0 Å². The van der Waals surface area contributed by atoms with Crippen molar-refractivity contribution in [1.29, 1.82) is 10.5 Å². The van der Waals surface area contributed by atoms with Crippen LogP contribution in [0.15, 0.2) is 161 Å². The lowest BCUT2D eigenvalue weighted by Crippen LogP contribution is -2.34. The van der Waals surface area contributed by atoms with E-state index in [-0.39, 0.29) is 39.5 Å². The van der Waals surface area contributed by atoms with Crippen LogP contribution in [0.25, 0.3) is 22.3 Å². The number of nitroso groups, excluding NO2 is 1. The Labute approximate surface area is 394 Å². The van der Waals surface area contributed by atoms with Crippen LogP contribution in [0.3, 0.4) is 0 Å². The van der Waals surface area contributed by atoms with Crippen molar-refractivity contribution in [1.82, 2.24) is 0 Å². The van der Waals surface area contributed by atoms with Gasteiger partial charge in [-0.25, -0.2) is 0 Å². The molecule has 6 rings (SSSR count). The average Bonchev–Trinajstić information content (AvgIpc) is 3.39. The van der Waals surface area contributed by atoms with Crippen molar-refractivity contribution in [2.24, 2.45) is 27.2 Å². The Kier molecular flexibility index (Phi) is 18.0. The number of anilines is 1. The molecule has 0 N–H and O–H groups in total. The lowest BCUT2D eigenvalue weighted by atomic mass is 9.96. The van der Waals surface area contributed by atoms with E-state index in [0.717, 1.165) is 27.9 Å². The van der Waals surface area contributed by atoms with Crippen LogP contribution in [0.1, 0.15) is 31.4 Å². The molecular formula is C53H48N6O9. The van der Waals surface area contributed by atoms with Gasteiger partial charge in [-0.2, -0.15) is 20.8 Å². The zero-order chi connectivity index (χ0) is 48.1. The van der Waals surface area contributed by atoms with Crippen LogP contribution in [0.5, 0.6) is 11.5 Å². The molecule has 0 radical (unpaired) electrons. The number of benzene rings is 6. The number of carbonyl (C=O) groups is 3. The Bertz CT molecular complexity index is 2590. The fourth-order valence-corrected chi connectivity index (χ4v) is 6.80. The molecule has 0 aliphatic rings. The molecule has 0 amide bonds. The SMILES string of the molecule is CCN(CCOC(=O)C(C)CC(C(=O)OCCOc1ccc(-c2ccc(C#N)cc2)cc1)C(=O)OCCOc1ccc(-c2ccc(C#N)cc2)cc1)c1ccc(/N=N/c2ccc(N=O)cc2)cc1. The van der Waals surface area contributed by atoms with Gasteiger partial charge < -0.3 is 28.6 Å². The number of hydrogen-bond acceptors (Lipinski definition) is 15. The summed E-state index contributed by atoms with van der Waals surface area (Å²) in [6, 6.07) is 47.0. The molecule has 68 heavy (non-hydrogen) atoms. The minimum absolute atomic E-state index is 0.00419. The van der Waals surface area contributed by atoms with Crippen LogP contribution >= 0.6 is 0 Å². The van der Waals surface area contributed by atoms with E-state index in [1.807, 2.05) is 84.6 Å². The number of nitrogens with zero attached hydrogens (tertiary/aromatic N) is 6. The Morgan fingerprint density at radius 2 is 0.926 bits per heavy atom. The first-order valence-corrected chi connectivity index (χ1v) is 21.8. The Balaban J connectivity index is 1.00. The first-order chi connectivity index (χ1) is 33.2. The maximum Gasteiger partial charge on any atom is 0.320 e. The van der Waals surface area contributed by atoms with E-state index >= 15 is 0 Å². The molecule has 0 aliphatic heterocycles. The standard InChI is InChI=1S/C53H48N6O9/c1-3-59(47-22-20-45(21-23-47)57-56-44-16-18-46(58-63)19-17-44)28-29-66-51(60)37(2)34-50(52(61)67-32-30-64-48-24-12-42(13-25-48)40-8-4-38(35-54)5-9-40)53(62)68-33-31-65-49-26-14-43(15-27-49)41-10-6-39(36-55)7-11-41/h4-27,37,50H,3,28-34H2,1-2H3/b57-56+. The Hall–Kier alpha value is -8.69. The summed E-state index contributed by atoms with van der Waals surface area (Å²) < 4.78 is 28.2. The monoisotopic (exact) mass is 912 g/mol. The maximum absolute atomic E-state index is 13.5. The molecule has 0 fully saturated rings. The predicted octanol–water partition coefficient (Wildman–Crippen LogP) is 10.8. The van der Waals surface area contributed by atoms with E-state index < -0.39 is 29.7 Å². The fourth-order valence-electron chi connectivity index (χ4n) is 6.80. The van der Waals surface area contributed by atoms with Crippen molar-refractivity contribution in [2.45, 2.75) is 20.3 Å². The highest BCUT2D eigenvalue weighted by Gasteiger charge is 2.34. The number of likely N-dealkylation sites (N-methyl/N-ethyl adjacent to an activating group) is 1. The third kappa shape index (κ3) is 14.4. The number of carbonyl (C=O) groups excluding carboxylic acids is 3. The summed E-state index contributed by atoms with van der Waals surface area (Å²) in [4.78, 5) is 52.9. The van der Waals surface area contributed by atoms with Crippen LogP contribution in [0.2, 0.25) is 0 Å². The van der Waals surface area contributed by atoms with E-state index in [4.69, 9.17) is 34.2 Å². The van der Waals surface area contributed by atoms with Crippen molar-refractivity contribution >= 4 is 40.7 Å². The van der Waals surface area contributed by atoms with Gasteiger partial charge >= 0.3 is 17.9 Å². The highest BCUT2D eigenvalue weighted by Crippen LogP contribution is 2.27. The summed E-state index contributed by atoms with van der Waals surface area (Å²) in [6.07, 6.45) is -0.225. The molecule has 1 unspecified atom stereocenters. The summed E-state index contributed by atoms with van der Waals surface area (Å²) >= 11 is 0. The molecule has 0 saturated heterocycles. The molecule has 344 valence electrons. The largest absolute Gasteiger partial charge is 0.490 e. The normalized spacial score (nSPS) is 11.2. The summed E-state index contributed by atoms with van der Waals surface area (Å²) in [7, 11) is 0. The van der Waals surface area contributed by atoms with Gasteiger partial charge in [-0.05, 0) is 138 Å². The quantitative estimate of drug-likeness (QED) is 0.0147. The third-order valence-corrected chi connectivity index (χ3v) is 10.6. The van der Waals surface area contributed by atoms with Gasteiger partial charge in [0, 0.05) is 12.2 Å². The minimum atomic E-state index is -1.44. The lowest BCUT2D eigenvalue weighted by Gasteiger charge is -2.23. The summed E-state index contributed by atoms with van der Waals surface area (Å²) in [5.41, 5.74) is 7.23. The number of nitriles is 2. The van der Waals surface area contributed by atoms with Crippen LogP contribution in [-0.2, 0) is 28.6 Å². The van der Waals surface area contributed by atoms with Crippen LogP contribution in [0.4, 0.5) is 22.7 Å². The molecule has 6 aromatic carbocycles. The molecule has 0 aliphatic carbocycles. The van der Waals surface area contributed by atoms with E-state index in [2.05, 4.69) is 27.5 Å². The molecule has 0 saturated carbocycles. The number of ether oxygens (including phenoxy) is 5. The van der Waals surface area contributed by atoms with Gasteiger partial charge in [0.1, 0.15) is 50.2 Å². The minimum Gasteiger partial charge on any atom is -0.490 e. The van der Waals surface area contributed by atoms with Gasteiger partial charge in [-0.15, -0.1) is 4.91 Å². The second-order valence-corrected chi connectivity index (χ2v) is 15.2. The maximum atomic E-state index is 13.5. The summed E-state index contributed by atoms with van der Waals surface area (Å²) in [6.45, 7) is 4.22. The number of esters is 3. The Morgan fingerprint density at radius 3 is 1.34 bits per heavy atom. The lowest BCUT2D eigenvalue weighted by molar-refractivity contribution is -0.164. The van der Waals surface area contributed by atoms with Crippen LogP contribution < -0.4 is 14.4 Å². The van der Waals surface area contributed by atoms with Crippen molar-refractivity contribution in [3.05, 3.63) is 162 Å². The van der Waals surface area contributed by atoms with E-state index in [0.29, 0.717) is 52.8 Å². The zero-order valence-corrected chi connectivity index (χ0v) is 37.5. The molecule has 0 heterocycles.